The van der Waals surface area contributed by atoms with Crippen LogP contribution in [-0.4, -0.2) is 22.0 Å². The molecule has 1 aliphatic carbocycles. The lowest BCUT2D eigenvalue weighted by atomic mass is 9.95. The maximum atomic E-state index is 13.1. The number of benzene rings is 2. The Hall–Kier alpha value is -2.95. The average molecular weight is 363 g/mol. The molecule has 0 unspecified atom stereocenters. The Morgan fingerprint density at radius 3 is 2.56 bits per heavy atom. The van der Waals surface area contributed by atoms with Crippen molar-refractivity contribution in [3.05, 3.63) is 78.4 Å². The average Bonchev–Trinajstić information content (AvgIpc) is 3.38. The van der Waals surface area contributed by atoms with Gasteiger partial charge < -0.3 is 9.88 Å². The van der Waals surface area contributed by atoms with E-state index in [9.17, 15) is 9.18 Å². The van der Waals surface area contributed by atoms with Crippen molar-refractivity contribution in [3.8, 4) is 11.4 Å². The summed E-state index contributed by atoms with van der Waals surface area (Å²) in [6.07, 6.45) is 6.23. The lowest BCUT2D eigenvalue weighted by Gasteiger charge is -2.16. The third-order valence-corrected chi connectivity index (χ3v) is 5.19. The molecular formula is C22H22FN3O. The topological polar surface area (TPSA) is 46.9 Å². The standard InChI is InChI=1S/C22H22FN3O/c23-19-9-7-18(8-10-19)22(11-12-22)21(27)25-13-4-15-26-16-14-24-20(26)17-5-2-1-3-6-17/h1-3,5-10,14,16H,4,11-13,15H2,(H,25,27). The van der Waals surface area contributed by atoms with Gasteiger partial charge in [-0.05, 0) is 37.0 Å². The summed E-state index contributed by atoms with van der Waals surface area (Å²) < 4.78 is 15.2. The first-order chi connectivity index (χ1) is 13.2. The van der Waals surface area contributed by atoms with Gasteiger partial charge in [0.1, 0.15) is 11.6 Å². The van der Waals surface area contributed by atoms with Gasteiger partial charge in [-0.2, -0.15) is 0 Å². The number of imidazole rings is 1. The van der Waals surface area contributed by atoms with Crippen molar-refractivity contribution in [1.29, 1.82) is 0 Å². The highest BCUT2D eigenvalue weighted by atomic mass is 19.1. The van der Waals surface area contributed by atoms with E-state index >= 15 is 0 Å². The van der Waals surface area contributed by atoms with E-state index in [-0.39, 0.29) is 11.7 Å². The van der Waals surface area contributed by atoms with E-state index in [2.05, 4.69) is 14.9 Å². The van der Waals surface area contributed by atoms with Crippen LogP contribution in [0.25, 0.3) is 11.4 Å². The summed E-state index contributed by atoms with van der Waals surface area (Å²) in [5.41, 5.74) is 1.53. The second-order valence-corrected chi connectivity index (χ2v) is 7.01. The molecule has 1 aliphatic rings. The SMILES string of the molecule is O=C(NCCCn1ccnc1-c1ccccc1)C1(c2ccc(F)cc2)CC1. The fraction of sp³-hybridized carbons (Fsp3) is 0.273. The van der Waals surface area contributed by atoms with Crippen molar-refractivity contribution in [2.24, 2.45) is 0 Å². The Kier molecular flexibility index (Phi) is 4.75. The molecule has 0 saturated heterocycles. The number of aryl methyl sites for hydroxylation is 1. The molecule has 1 amide bonds. The highest BCUT2D eigenvalue weighted by Crippen LogP contribution is 2.48. The molecule has 27 heavy (non-hydrogen) atoms. The summed E-state index contributed by atoms with van der Waals surface area (Å²) in [6, 6.07) is 16.4. The lowest BCUT2D eigenvalue weighted by molar-refractivity contribution is -0.123. The fourth-order valence-electron chi connectivity index (χ4n) is 3.50. The zero-order valence-corrected chi connectivity index (χ0v) is 15.1. The van der Waals surface area contributed by atoms with Crippen molar-refractivity contribution in [1.82, 2.24) is 14.9 Å². The Labute approximate surface area is 158 Å². The van der Waals surface area contributed by atoms with Crippen LogP contribution >= 0.6 is 0 Å². The van der Waals surface area contributed by atoms with Gasteiger partial charge in [0.25, 0.3) is 0 Å². The Balaban J connectivity index is 1.32. The first kappa shape index (κ1) is 17.5. The zero-order valence-electron chi connectivity index (χ0n) is 15.1. The van der Waals surface area contributed by atoms with Crippen LogP contribution in [0.1, 0.15) is 24.8 Å². The number of hydrogen-bond acceptors (Lipinski definition) is 2. The number of hydrogen-bond donors (Lipinski definition) is 1. The summed E-state index contributed by atoms with van der Waals surface area (Å²) in [5.74, 6) is 0.708. The highest BCUT2D eigenvalue weighted by Gasteiger charge is 2.50. The summed E-state index contributed by atoms with van der Waals surface area (Å²) in [5, 5.41) is 3.05. The Morgan fingerprint density at radius 2 is 1.85 bits per heavy atom. The molecule has 3 aromatic rings. The number of carbonyl (C=O) groups excluding carboxylic acids is 1. The minimum atomic E-state index is -0.460. The fourth-order valence-corrected chi connectivity index (χ4v) is 3.50. The number of carbonyl (C=O) groups is 1. The van der Waals surface area contributed by atoms with E-state index in [1.54, 1.807) is 18.3 Å². The van der Waals surface area contributed by atoms with Crippen molar-refractivity contribution >= 4 is 5.91 Å². The van der Waals surface area contributed by atoms with E-state index in [1.165, 1.54) is 12.1 Å². The van der Waals surface area contributed by atoms with E-state index < -0.39 is 5.41 Å². The van der Waals surface area contributed by atoms with Crippen molar-refractivity contribution in [2.45, 2.75) is 31.2 Å². The van der Waals surface area contributed by atoms with E-state index in [1.807, 2.05) is 36.5 Å². The molecule has 0 spiro atoms. The van der Waals surface area contributed by atoms with Crippen LogP contribution in [0.5, 0.6) is 0 Å². The van der Waals surface area contributed by atoms with Gasteiger partial charge in [-0.25, -0.2) is 9.37 Å². The van der Waals surface area contributed by atoms with Gasteiger partial charge >= 0.3 is 0 Å². The monoisotopic (exact) mass is 363 g/mol. The number of amides is 1. The maximum absolute atomic E-state index is 13.1. The molecule has 5 heteroatoms. The molecule has 4 rings (SSSR count). The van der Waals surface area contributed by atoms with Gasteiger partial charge in [0.05, 0.1) is 5.41 Å². The number of nitrogens with one attached hydrogen (secondary N) is 1. The van der Waals surface area contributed by atoms with Crippen LogP contribution in [0.2, 0.25) is 0 Å². The number of rotatable bonds is 7. The predicted molar refractivity (Wildman–Crippen MR) is 103 cm³/mol. The van der Waals surface area contributed by atoms with Crippen LogP contribution < -0.4 is 5.32 Å². The quantitative estimate of drug-likeness (QED) is 0.647. The van der Waals surface area contributed by atoms with Gasteiger partial charge in [-0.15, -0.1) is 0 Å². The van der Waals surface area contributed by atoms with Gasteiger partial charge in [0.2, 0.25) is 5.91 Å². The molecule has 1 fully saturated rings. The third-order valence-electron chi connectivity index (χ3n) is 5.19. The van der Waals surface area contributed by atoms with Gasteiger partial charge in [-0.3, -0.25) is 4.79 Å². The number of aromatic nitrogens is 2. The smallest absolute Gasteiger partial charge is 0.230 e. The van der Waals surface area contributed by atoms with Crippen LogP contribution in [0, 0.1) is 5.82 Å². The maximum Gasteiger partial charge on any atom is 0.230 e. The molecule has 0 bridgehead atoms. The van der Waals surface area contributed by atoms with Crippen molar-refractivity contribution in [3.63, 3.8) is 0 Å². The van der Waals surface area contributed by atoms with Gasteiger partial charge in [0.15, 0.2) is 0 Å². The summed E-state index contributed by atoms with van der Waals surface area (Å²) in [4.78, 5) is 17.1. The van der Waals surface area contributed by atoms with Gasteiger partial charge in [-0.1, -0.05) is 42.5 Å². The molecule has 0 radical (unpaired) electrons. The second kappa shape index (κ2) is 7.35. The molecule has 0 aliphatic heterocycles. The third kappa shape index (κ3) is 3.63. The minimum Gasteiger partial charge on any atom is -0.355 e. The first-order valence-corrected chi connectivity index (χ1v) is 9.30. The first-order valence-electron chi connectivity index (χ1n) is 9.30. The Morgan fingerprint density at radius 1 is 1.11 bits per heavy atom. The van der Waals surface area contributed by atoms with Crippen LogP contribution in [-0.2, 0) is 16.8 Å². The minimum absolute atomic E-state index is 0.0445. The van der Waals surface area contributed by atoms with Crippen LogP contribution in [0.15, 0.2) is 67.0 Å². The summed E-state index contributed by atoms with van der Waals surface area (Å²) in [6.45, 7) is 1.39. The molecule has 1 heterocycles. The van der Waals surface area contributed by atoms with Gasteiger partial charge in [0, 0.05) is 31.0 Å². The molecule has 0 atom stereocenters. The molecule has 1 aromatic heterocycles. The normalized spacial score (nSPS) is 14.7. The Bertz CT molecular complexity index is 914. The molecular weight excluding hydrogens is 341 g/mol. The van der Waals surface area contributed by atoms with E-state index in [4.69, 9.17) is 0 Å². The second-order valence-electron chi connectivity index (χ2n) is 7.01. The molecule has 138 valence electrons. The largest absolute Gasteiger partial charge is 0.355 e. The zero-order chi connectivity index (χ0) is 18.7. The lowest BCUT2D eigenvalue weighted by Crippen LogP contribution is -2.35. The van der Waals surface area contributed by atoms with Crippen LogP contribution in [0.4, 0.5) is 4.39 Å². The summed E-state index contributed by atoms with van der Waals surface area (Å²) >= 11 is 0. The van der Waals surface area contributed by atoms with E-state index in [0.717, 1.165) is 42.8 Å². The van der Waals surface area contributed by atoms with Crippen molar-refractivity contribution in [2.75, 3.05) is 6.54 Å². The summed E-state index contributed by atoms with van der Waals surface area (Å²) in [7, 11) is 0. The molecule has 1 N–H and O–H groups in total. The number of halogens is 1. The highest BCUT2D eigenvalue weighted by molar-refractivity contribution is 5.91. The molecule has 2 aromatic carbocycles. The predicted octanol–water partition coefficient (Wildman–Crippen LogP) is 3.93. The van der Waals surface area contributed by atoms with Crippen LogP contribution in [0.3, 0.4) is 0 Å². The number of nitrogens with zero attached hydrogens (tertiary/aromatic N) is 2. The molecule has 4 nitrogen and oxygen atoms in total. The van der Waals surface area contributed by atoms with Crippen molar-refractivity contribution < 1.29 is 9.18 Å². The molecule has 1 saturated carbocycles. The van der Waals surface area contributed by atoms with E-state index in [0.29, 0.717) is 6.54 Å².